The first kappa shape index (κ1) is 14.7. The maximum Gasteiger partial charge on any atom is 0.286 e. The summed E-state index contributed by atoms with van der Waals surface area (Å²) in [5.74, 6) is -0.106. The summed E-state index contributed by atoms with van der Waals surface area (Å²) in [5, 5.41) is -0.220. The fourth-order valence-corrected chi connectivity index (χ4v) is 3.40. The Balaban J connectivity index is 1.74. The number of carbonyl (C=O) groups is 1. The number of aromatic nitrogens is 2. The van der Waals surface area contributed by atoms with Crippen LogP contribution in [-0.2, 0) is 10.0 Å². The van der Waals surface area contributed by atoms with Crippen LogP contribution in [0.1, 0.15) is 48.0 Å². The molecule has 0 spiro atoms. The lowest BCUT2D eigenvalue weighted by molar-refractivity contribution is 0.0976. The van der Waals surface area contributed by atoms with E-state index in [1.165, 1.54) is 24.6 Å². The highest BCUT2D eigenvalue weighted by Gasteiger charge is 2.25. The van der Waals surface area contributed by atoms with E-state index in [4.69, 9.17) is 4.42 Å². The number of nitrogens with one attached hydrogen (secondary N) is 1. The average molecular weight is 321 g/mol. The minimum atomic E-state index is -4.01. The van der Waals surface area contributed by atoms with Crippen molar-refractivity contribution in [3.63, 3.8) is 0 Å². The standard InChI is InChI=1S/C14H15N3O4S/c18-13(17-22(19,20)12-7-3-4-8-15-12)11-9-21-14(16-11)10-5-1-2-6-10/h3-4,7-10H,1-2,5-6H2,(H,17,18). The van der Waals surface area contributed by atoms with Crippen LogP contribution < -0.4 is 4.72 Å². The van der Waals surface area contributed by atoms with Crippen molar-refractivity contribution in [3.05, 3.63) is 42.2 Å². The molecule has 0 unspecified atom stereocenters. The van der Waals surface area contributed by atoms with Gasteiger partial charge in [0.2, 0.25) is 0 Å². The monoisotopic (exact) mass is 321 g/mol. The highest BCUT2D eigenvalue weighted by molar-refractivity contribution is 7.90. The quantitative estimate of drug-likeness (QED) is 0.922. The summed E-state index contributed by atoms with van der Waals surface area (Å²) in [7, 11) is -4.01. The highest BCUT2D eigenvalue weighted by Crippen LogP contribution is 2.33. The normalized spacial score (nSPS) is 15.8. The highest BCUT2D eigenvalue weighted by atomic mass is 32.2. The van der Waals surface area contributed by atoms with Crippen molar-refractivity contribution < 1.29 is 17.6 Å². The van der Waals surface area contributed by atoms with Gasteiger partial charge in [0.15, 0.2) is 16.6 Å². The molecule has 0 aliphatic heterocycles. The SMILES string of the molecule is O=C(NS(=O)(=O)c1ccccn1)c1coc(C2CCCC2)n1. The molecule has 22 heavy (non-hydrogen) atoms. The van der Waals surface area contributed by atoms with Crippen LogP contribution in [0.4, 0.5) is 0 Å². The molecule has 0 radical (unpaired) electrons. The number of hydrogen-bond acceptors (Lipinski definition) is 6. The zero-order valence-electron chi connectivity index (χ0n) is 11.7. The summed E-state index contributed by atoms with van der Waals surface area (Å²) in [4.78, 5) is 19.8. The number of hydrogen-bond donors (Lipinski definition) is 1. The molecule has 7 nitrogen and oxygen atoms in total. The number of oxazole rings is 1. The van der Waals surface area contributed by atoms with Gasteiger partial charge >= 0.3 is 0 Å². The van der Waals surface area contributed by atoms with Crippen molar-refractivity contribution in [2.24, 2.45) is 0 Å². The Bertz CT molecular complexity index is 764. The van der Waals surface area contributed by atoms with Gasteiger partial charge in [-0.2, -0.15) is 8.42 Å². The van der Waals surface area contributed by atoms with Crippen LogP contribution in [0, 0.1) is 0 Å². The molecule has 8 heteroatoms. The Hall–Kier alpha value is -2.22. The predicted octanol–water partition coefficient (Wildman–Crippen LogP) is 1.85. The number of rotatable bonds is 4. The summed E-state index contributed by atoms with van der Waals surface area (Å²) in [6.45, 7) is 0. The number of carbonyl (C=O) groups excluding carboxylic acids is 1. The fraction of sp³-hybridized carbons (Fsp3) is 0.357. The number of pyridine rings is 1. The summed E-state index contributed by atoms with van der Waals surface area (Å²) >= 11 is 0. The maximum atomic E-state index is 12.0. The second kappa shape index (κ2) is 5.88. The van der Waals surface area contributed by atoms with E-state index in [1.807, 2.05) is 4.72 Å². The van der Waals surface area contributed by atoms with Crippen LogP contribution in [0.2, 0.25) is 0 Å². The second-order valence-corrected chi connectivity index (χ2v) is 6.78. The minimum absolute atomic E-state index is 0.0404. The van der Waals surface area contributed by atoms with Crippen molar-refractivity contribution >= 4 is 15.9 Å². The van der Waals surface area contributed by atoms with Gasteiger partial charge in [0, 0.05) is 12.1 Å². The number of sulfonamides is 1. The zero-order chi connectivity index (χ0) is 15.6. The fourth-order valence-electron chi connectivity index (χ4n) is 2.48. The van der Waals surface area contributed by atoms with Gasteiger partial charge < -0.3 is 4.42 Å². The third kappa shape index (κ3) is 3.01. The molecule has 2 aromatic heterocycles. The van der Waals surface area contributed by atoms with Gasteiger partial charge in [-0.25, -0.2) is 14.7 Å². The zero-order valence-corrected chi connectivity index (χ0v) is 12.5. The van der Waals surface area contributed by atoms with Crippen molar-refractivity contribution in [2.75, 3.05) is 0 Å². The Kier molecular flexibility index (Phi) is 3.93. The Morgan fingerprint density at radius 3 is 2.73 bits per heavy atom. The molecular formula is C14H15N3O4S. The lowest BCUT2D eigenvalue weighted by Gasteiger charge is -2.04. The number of nitrogens with zero attached hydrogens (tertiary/aromatic N) is 2. The van der Waals surface area contributed by atoms with Gasteiger partial charge in [-0.15, -0.1) is 0 Å². The van der Waals surface area contributed by atoms with Crippen LogP contribution in [0.5, 0.6) is 0 Å². The Morgan fingerprint density at radius 2 is 2.05 bits per heavy atom. The van der Waals surface area contributed by atoms with E-state index in [0.29, 0.717) is 5.89 Å². The first-order valence-electron chi connectivity index (χ1n) is 7.00. The molecule has 1 aliphatic carbocycles. The summed E-state index contributed by atoms with van der Waals surface area (Å²) in [5.41, 5.74) is -0.0404. The molecule has 0 saturated heterocycles. The molecule has 3 rings (SSSR count). The second-order valence-electron chi connectivity index (χ2n) is 5.15. The molecule has 2 aromatic rings. The third-order valence-electron chi connectivity index (χ3n) is 3.60. The van der Waals surface area contributed by atoms with E-state index in [-0.39, 0.29) is 16.6 Å². The molecule has 0 atom stereocenters. The molecule has 0 bridgehead atoms. The molecule has 1 fully saturated rings. The maximum absolute atomic E-state index is 12.0. The Morgan fingerprint density at radius 1 is 1.27 bits per heavy atom. The molecule has 1 amide bonds. The lowest BCUT2D eigenvalue weighted by atomic mass is 10.1. The first-order valence-corrected chi connectivity index (χ1v) is 8.48. The van der Waals surface area contributed by atoms with Gasteiger partial charge in [-0.05, 0) is 25.0 Å². The van der Waals surface area contributed by atoms with E-state index in [9.17, 15) is 13.2 Å². The van der Waals surface area contributed by atoms with E-state index in [1.54, 1.807) is 6.07 Å². The smallest absolute Gasteiger partial charge is 0.286 e. The predicted molar refractivity (Wildman–Crippen MR) is 76.6 cm³/mol. The van der Waals surface area contributed by atoms with Crippen LogP contribution in [-0.4, -0.2) is 24.3 Å². The Labute approximate surface area is 127 Å². The van der Waals surface area contributed by atoms with E-state index >= 15 is 0 Å². The molecule has 116 valence electrons. The minimum Gasteiger partial charge on any atom is -0.448 e. The molecule has 1 saturated carbocycles. The van der Waals surface area contributed by atoms with Crippen LogP contribution in [0.15, 0.2) is 40.1 Å². The summed E-state index contributed by atoms with van der Waals surface area (Å²) < 4.78 is 31.3. The summed E-state index contributed by atoms with van der Waals surface area (Å²) in [6.07, 6.45) is 6.72. The molecule has 0 aromatic carbocycles. The van der Waals surface area contributed by atoms with Crippen molar-refractivity contribution in [1.29, 1.82) is 0 Å². The van der Waals surface area contributed by atoms with Gasteiger partial charge in [0.1, 0.15) is 6.26 Å². The van der Waals surface area contributed by atoms with E-state index in [2.05, 4.69) is 9.97 Å². The topological polar surface area (TPSA) is 102 Å². The van der Waals surface area contributed by atoms with E-state index in [0.717, 1.165) is 25.7 Å². The van der Waals surface area contributed by atoms with Gasteiger partial charge in [0.05, 0.1) is 0 Å². The first-order chi connectivity index (χ1) is 10.6. The van der Waals surface area contributed by atoms with Gasteiger partial charge in [0.25, 0.3) is 15.9 Å². The lowest BCUT2D eigenvalue weighted by Crippen LogP contribution is -2.31. The van der Waals surface area contributed by atoms with Crippen molar-refractivity contribution in [1.82, 2.24) is 14.7 Å². The molecular weight excluding hydrogens is 306 g/mol. The van der Waals surface area contributed by atoms with Gasteiger partial charge in [-0.1, -0.05) is 18.9 Å². The molecule has 1 aliphatic rings. The van der Waals surface area contributed by atoms with Crippen molar-refractivity contribution in [3.8, 4) is 0 Å². The molecule has 2 heterocycles. The number of amides is 1. The summed E-state index contributed by atoms with van der Waals surface area (Å²) in [6, 6.07) is 4.43. The van der Waals surface area contributed by atoms with E-state index < -0.39 is 15.9 Å². The van der Waals surface area contributed by atoms with Crippen LogP contribution in [0.3, 0.4) is 0 Å². The van der Waals surface area contributed by atoms with Crippen LogP contribution >= 0.6 is 0 Å². The largest absolute Gasteiger partial charge is 0.448 e. The average Bonchev–Trinajstić information content (AvgIpc) is 3.19. The van der Waals surface area contributed by atoms with Crippen molar-refractivity contribution in [2.45, 2.75) is 36.6 Å². The van der Waals surface area contributed by atoms with Crippen LogP contribution in [0.25, 0.3) is 0 Å². The molecule has 1 N–H and O–H groups in total. The van der Waals surface area contributed by atoms with Gasteiger partial charge in [-0.3, -0.25) is 4.79 Å². The third-order valence-corrected chi connectivity index (χ3v) is 4.85.